The molecule has 0 saturated heterocycles. The Balaban J connectivity index is 0. The van der Waals surface area contributed by atoms with E-state index in [9.17, 15) is 4.57 Å². The maximum atomic E-state index is 10.5. The number of hydrogen-bond acceptors (Lipinski definition) is 2. The quantitative estimate of drug-likeness (QED) is 0.762. The fourth-order valence-electron chi connectivity index (χ4n) is 0.293. The van der Waals surface area contributed by atoms with E-state index in [-0.39, 0.29) is 38.5 Å². The van der Waals surface area contributed by atoms with E-state index >= 15 is 0 Å². The van der Waals surface area contributed by atoms with Crippen molar-refractivity contribution in [2.24, 2.45) is 0 Å². The average molecular weight is 369 g/mol. The van der Waals surface area contributed by atoms with Gasteiger partial charge in [-0.1, -0.05) is 6.92 Å². The first-order valence-corrected chi connectivity index (χ1v) is 4.35. The summed E-state index contributed by atoms with van der Waals surface area (Å²) in [6.45, 7) is 3.62. The molecule has 0 aliphatic carbocycles. The Hall–Kier alpha value is 1.24. The van der Waals surface area contributed by atoms with E-state index in [1.807, 2.05) is 0 Å². The molecule has 0 aromatic carbocycles. The summed E-state index contributed by atoms with van der Waals surface area (Å²) in [6, 6.07) is 0. The molecule has 0 aromatic rings. The molecule has 0 aromatic heterocycles. The molecule has 1 radical (unpaired) electrons. The van der Waals surface area contributed by atoms with Gasteiger partial charge in [-0.2, -0.15) is 0 Å². The zero-order chi connectivity index (χ0) is 6.62. The van der Waals surface area contributed by atoms with Gasteiger partial charge in [-0.3, -0.25) is 4.57 Å². The normalized spacial score (nSPS) is 15.9. The second-order valence-electron chi connectivity index (χ2n) is 1.37. The number of rotatable bonds is 3. The van der Waals surface area contributed by atoms with E-state index in [2.05, 4.69) is 4.52 Å². The maximum absolute atomic E-state index is 10.5. The molecule has 0 fully saturated rings. The van der Waals surface area contributed by atoms with Gasteiger partial charge < -0.3 is 9.42 Å². The largest absolute Gasteiger partial charge is 0.327 e. The maximum Gasteiger partial charge on any atom is 0.327 e. The molecular formula is C4H11O3PPa. The summed E-state index contributed by atoms with van der Waals surface area (Å²) in [4.78, 5) is 8.66. The first-order valence-electron chi connectivity index (χ1n) is 2.58. The Kier molecular flexibility index (Phi) is 8.56. The third-order valence-electron chi connectivity index (χ3n) is 0.730. The van der Waals surface area contributed by atoms with Gasteiger partial charge in [-0.15, -0.1) is 0 Å². The molecular weight excluding hydrogens is 358 g/mol. The van der Waals surface area contributed by atoms with Gasteiger partial charge in [-0.25, -0.2) is 0 Å². The van der Waals surface area contributed by atoms with Gasteiger partial charge in [0.05, 0.1) is 6.61 Å². The van der Waals surface area contributed by atoms with Crippen molar-refractivity contribution >= 4 is 7.60 Å². The molecule has 0 spiro atoms. The van der Waals surface area contributed by atoms with Crippen LogP contribution < -0.4 is 0 Å². The molecule has 5 heteroatoms. The van der Waals surface area contributed by atoms with Crippen molar-refractivity contribution in [3.63, 3.8) is 0 Å². The minimum atomic E-state index is -3.17. The molecule has 1 N–H and O–H groups in total. The molecule has 1 atom stereocenters. The molecule has 0 aliphatic rings. The Morgan fingerprint density at radius 2 is 2.00 bits per heavy atom. The Morgan fingerprint density at radius 1 is 1.56 bits per heavy atom. The molecule has 0 heterocycles. The van der Waals surface area contributed by atoms with E-state index in [1.54, 1.807) is 13.8 Å². The second-order valence-corrected chi connectivity index (χ2v) is 3.54. The van der Waals surface area contributed by atoms with Crippen molar-refractivity contribution in [3.05, 3.63) is 0 Å². The van der Waals surface area contributed by atoms with Crippen LogP contribution in [0.3, 0.4) is 0 Å². The van der Waals surface area contributed by atoms with Crippen LogP contribution in [0, 0.1) is 32.3 Å². The SMILES string of the molecule is CCOP(=O)(O)CC.[Pa]. The van der Waals surface area contributed by atoms with Crippen molar-refractivity contribution in [1.82, 2.24) is 0 Å². The molecule has 53 valence electrons. The second kappa shape index (κ2) is 5.98. The van der Waals surface area contributed by atoms with Crippen molar-refractivity contribution in [3.8, 4) is 0 Å². The monoisotopic (exact) mass is 369 g/mol. The van der Waals surface area contributed by atoms with Gasteiger partial charge in [0.1, 0.15) is 0 Å². The zero-order valence-electron chi connectivity index (χ0n) is 5.70. The van der Waals surface area contributed by atoms with Gasteiger partial charge >= 0.3 is 7.60 Å². The standard InChI is InChI=1S/C4H11O3P.Pa/c1-3-7-8(5,6)4-2;/h3-4H2,1-2H3,(H,5,6);. The summed E-state index contributed by atoms with van der Waals surface area (Å²) in [5, 5.41) is 0. The fraction of sp³-hybridized carbons (Fsp3) is 1.00. The van der Waals surface area contributed by atoms with Gasteiger partial charge in [0.25, 0.3) is 0 Å². The minimum absolute atomic E-state index is 0. The summed E-state index contributed by atoms with van der Waals surface area (Å²) in [5.41, 5.74) is 0. The van der Waals surface area contributed by atoms with E-state index in [4.69, 9.17) is 4.89 Å². The summed E-state index contributed by atoms with van der Waals surface area (Å²) in [6.07, 6.45) is 0.195. The van der Waals surface area contributed by atoms with Crippen LogP contribution in [0.2, 0.25) is 0 Å². The molecule has 0 saturated carbocycles. The van der Waals surface area contributed by atoms with Crippen LogP contribution in [0.1, 0.15) is 13.8 Å². The van der Waals surface area contributed by atoms with E-state index in [1.165, 1.54) is 0 Å². The molecule has 0 amide bonds. The summed E-state index contributed by atoms with van der Waals surface area (Å²) >= 11 is 0. The van der Waals surface area contributed by atoms with Crippen molar-refractivity contribution in [2.75, 3.05) is 12.8 Å². The van der Waals surface area contributed by atoms with Crippen LogP contribution in [0.25, 0.3) is 0 Å². The van der Waals surface area contributed by atoms with Gasteiger partial charge in [0, 0.05) is 38.5 Å². The van der Waals surface area contributed by atoms with Gasteiger partial charge in [-0.05, 0) is 6.92 Å². The third kappa shape index (κ3) is 7.13. The van der Waals surface area contributed by atoms with E-state index in [0.717, 1.165) is 0 Å². The first kappa shape index (κ1) is 12.9. The molecule has 3 nitrogen and oxygen atoms in total. The Labute approximate surface area is 80.2 Å². The topological polar surface area (TPSA) is 46.5 Å². The third-order valence-corrected chi connectivity index (χ3v) is 2.19. The summed E-state index contributed by atoms with van der Waals surface area (Å²) in [5.74, 6) is 0. The minimum Gasteiger partial charge on any atom is -0.324 e. The summed E-state index contributed by atoms with van der Waals surface area (Å²) < 4.78 is 15.0. The first-order chi connectivity index (χ1) is 3.62. The summed E-state index contributed by atoms with van der Waals surface area (Å²) in [7, 11) is -3.17. The molecule has 9 heavy (non-hydrogen) atoms. The van der Waals surface area contributed by atoms with Crippen molar-refractivity contribution < 1.29 is 46.3 Å². The predicted octanol–water partition coefficient (Wildman–Crippen LogP) is 1.23. The Morgan fingerprint density at radius 3 is 2.11 bits per heavy atom. The van der Waals surface area contributed by atoms with Gasteiger partial charge in [0.15, 0.2) is 0 Å². The van der Waals surface area contributed by atoms with Crippen molar-refractivity contribution in [2.45, 2.75) is 13.8 Å². The van der Waals surface area contributed by atoms with Crippen LogP contribution in [-0.4, -0.2) is 17.7 Å². The molecule has 1 unspecified atom stereocenters. The molecule has 0 aliphatic heterocycles. The molecule has 0 rings (SSSR count). The smallest absolute Gasteiger partial charge is 0.324 e. The van der Waals surface area contributed by atoms with E-state index < -0.39 is 7.60 Å². The van der Waals surface area contributed by atoms with Crippen LogP contribution in [0.4, 0.5) is 0 Å². The van der Waals surface area contributed by atoms with Gasteiger partial charge in [0.2, 0.25) is 0 Å². The fourth-order valence-corrected chi connectivity index (χ4v) is 0.879. The molecule has 0 bridgehead atoms. The average Bonchev–Trinajstić information content (AvgIpc) is 1.67. The predicted molar refractivity (Wildman–Crippen MR) is 32.0 cm³/mol. The van der Waals surface area contributed by atoms with Crippen LogP contribution in [0.5, 0.6) is 0 Å². The van der Waals surface area contributed by atoms with Crippen molar-refractivity contribution in [1.29, 1.82) is 0 Å². The Bertz CT molecular complexity index is 106. The van der Waals surface area contributed by atoms with Crippen LogP contribution in [-0.2, 0) is 9.09 Å². The number of hydrogen-bond donors (Lipinski definition) is 1. The van der Waals surface area contributed by atoms with E-state index in [0.29, 0.717) is 6.61 Å². The van der Waals surface area contributed by atoms with Crippen LogP contribution in [0.15, 0.2) is 0 Å². The zero-order valence-corrected chi connectivity index (χ0v) is 11.4. The van der Waals surface area contributed by atoms with Crippen LogP contribution >= 0.6 is 7.60 Å².